The molecular formula is C17H15Cl2NO4. The summed E-state index contributed by atoms with van der Waals surface area (Å²) in [4.78, 5) is 11.9. The third-order valence-electron chi connectivity index (χ3n) is 3.36. The molecule has 0 radical (unpaired) electrons. The SMILES string of the molecule is O=C(COc1c(Cl)cccc1Cl)NC[C@H]1COc2ccccc2O1. The molecule has 1 heterocycles. The van der Waals surface area contributed by atoms with E-state index >= 15 is 0 Å². The Morgan fingerprint density at radius 2 is 1.83 bits per heavy atom. The lowest BCUT2D eigenvalue weighted by atomic mass is 10.2. The maximum absolute atomic E-state index is 11.9. The number of benzene rings is 2. The second-order valence-corrected chi connectivity index (χ2v) is 5.96. The van der Waals surface area contributed by atoms with Crippen LogP contribution in [0, 0.1) is 0 Å². The van der Waals surface area contributed by atoms with E-state index in [0.29, 0.717) is 40.4 Å². The number of ether oxygens (including phenoxy) is 3. The van der Waals surface area contributed by atoms with Gasteiger partial charge >= 0.3 is 0 Å². The molecule has 0 saturated heterocycles. The van der Waals surface area contributed by atoms with Crippen molar-refractivity contribution in [2.45, 2.75) is 6.10 Å². The first-order chi connectivity index (χ1) is 11.6. The molecule has 0 aliphatic carbocycles. The molecule has 0 saturated carbocycles. The number of hydrogen-bond donors (Lipinski definition) is 1. The van der Waals surface area contributed by atoms with Crippen molar-refractivity contribution >= 4 is 29.1 Å². The summed E-state index contributed by atoms with van der Waals surface area (Å²) in [5.74, 6) is 1.37. The zero-order valence-corrected chi connectivity index (χ0v) is 14.1. The molecule has 126 valence electrons. The molecule has 1 N–H and O–H groups in total. The number of rotatable bonds is 5. The van der Waals surface area contributed by atoms with E-state index in [1.165, 1.54) is 0 Å². The Bertz CT molecular complexity index is 718. The van der Waals surface area contributed by atoms with Gasteiger partial charge < -0.3 is 19.5 Å². The first kappa shape index (κ1) is 16.7. The highest BCUT2D eigenvalue weighted by Gasteiger charge is 2.21. The fraction of sp³-hybridized carbons (Fsp3) is 0.235. The van der Waals surface area contributed by atoms with Crippen LogP contribution in [-0.4, -0.2) is 31.8 Å². The Balaban J connectivity index is 1.47. The molecule has 0 fully saturated rings. The van der Waals surface area contributed by atoms with Gasteiger partial charge in [-0.15, -0.1) is 0 Å². The normalized spacial score (nSPS) is 15.7. The minimum atomic E-state index is -0.298. The summed E-state index contributed by atoms with van der Waals surface area (Å²) in [5, 5.41) is 3.45. The van der Waals surface area contributed by atoms with Gasteiger partial charge in [0.1, 0.15) is 12.7 Å². The van der Waals surface area contributed by atoms with Crippen LogP contribution in [0.25, 0.3) is 0 Å². The third kappa shape index (κ3) is 4.04. The Morgan fingerprint density at radius 1 is 1.12 bits per heavy atom. The molecule has 1 aliphatic rings. The van der Waals surface area contributed by atoms with E-state index in [1.54, 1.807) is 18.2 Å². The average molecular weight is 368 g/mol. The average Bonchev–Trinajstić information content (AvgIpc) is 2.59. The number of halogens is 2. The molecule has 0 bridgehead atoms. The van der Waals surface area contributed by atoms with Gasteiger partial charge in [-0.2, -0.15) is 0 Å². The van der Waals surface area contributed by atoms with Crippen LogP contribution in [-0.2, 0) is 4.79 Å². The highest BCUT2D eigenvalue weighted by Crippen LogP contribution is 2.32. The number of para-hydroxylation sites is 3. The van der Waals surface area contributed by atoms with Gasteiger partial charge in [-0.3, -0.25) is 4.79 Å². The molecule has 24 heavy (non-hydrogen) atoms. The predicted octanol–water partition coefficient (Wildman–Crippen LogP) is 3.33. The molecule has 5 nitrogen and oxygen atoms in total. The second kappa shape index (κ2) is 7.64. The van der Waals surface area contributed by atoms with Crippen molar-refractivity contribution in [3.05, 3.63) is 52.5 Å². The van der Waals surface area contributed by atoms with Gasteiger partial charge in [-0.1, -0.05) is 41.4 Å². The van der Waals surface area contributed by atoms with E-state index in [1.807, 2.05) is 24.3 Å². The molecule has 1 atom stereocenters. The van der Waals surface area contributed by atoms with Gasteiger partial charge in [0.05, 0.1) is 16.6 Å². The number of hydrogen-bond acceptors (Lipinski definition) is 4. The summed E-state index contributed by atoms with van der Waals surface area (Å²) in [6, 6.07) is 12.4. The van der Waals surface area contributed by atoms with E-state index < -0.39 is 0 Å². The zero-order valence-electron chi connectivity index (χ0n) is 12.6. The molecule has 0 unspecified atom stereocenters. The lowest BCUT2D eigenvalue weighted by Gasteiger charge is -2.26. The summed E-state index contributed by atoms with van der Waals surface area (Å²) in [6.45, 7) is 0.495. The maximum atomic E-state index is 11.9. The fourth-order valence-corrected chi connectivity index (χ4v) is 2.71. The van der Waals surface area contributed by atoms with Crippen molar-refractivity contribution in [1.82, 2.24) is 5.32 Å². The van der Waals surface area contributed by atoms with Gasteiger partial charge in [0.15, 0.2) is 23.9 Å². The Kier molecular flexibility index (Phi) is 5.33. The van der Waals surface area contributed by atoms with Crippen LogP contribution in [0.4, 0.5) is 0 Å². The summed E-state index contributed by atoms with van der Waals surface area (Å²) < 4.78 is 16.7. The van der Waals surface area contributed by atoms with Gasteiger partial charge in [0.2, 0.25) is 0 Å². The maximum Gasteiger partial charge on any atom is 0.258 e. The second-order valence-electron chi connectivity index (χ2n) is 5.14. The largest absolute Gasteiger partial charge is 0.486 e. The van der Waals surface area contributed by atoms with Crippen molar-refractivity contribution in [3.63, 3.8) is 0 Å². The lowest BCUT2D eigenvalue weighted by molar-refractivity contribution is -0.123. The van der Waals surface area contributed by atoms with E-state index in [2.05, 4.69) is 5.32 Å². The molecule has 1 aliphatic heterocycles. The molecule has 7 heteroatoms. The molecule has 3 rings (SSSR count). The summed E-state index contributed by atoms with van der Waals surface area (Å²) in [5.41, 5.74) is 0. The molecular weight excluding hydrogens is 353 g/mol. The highest BCUT2D eigenvalue weighted by atomic mass is 35.5. The van der Waals surface area contributed by atoms with Crippen molar-refractivity contribution in [1.29, 1.82) is 0 Å². The van der Waals surface area contributed by atoms with E-state index in [-0.39, 0.29) is 18.6 Å². The topological polar surface area (TPSA) is 56.8 Å². The number of amides is 1. The van der Waals surface area contributed by atoms with Crippen molar-refractivity contribution in [3.8, 4) is 17.2 Å². The standard InChI is InChI=1S/C17H15Cl2NO4/c18-12-4-3-5-13(19)17(12)23-10-16(21)20-8-11-9-22-14-6-1-2-7-15(14)24-11/h1-7,11H,8-10H2,(H,20,21)/t11-/m0/s1. The van der Waals surface area contributed by atoms with Crippen molar-refractivity contribution in [2.24, 2.45) is 0 Å². The van der Waals surface area contributed by atoms with Gasteiger partial charge in [0, 0.05) is 0 Å². The van der Waals surface area contributed by atoms with Gasteiger partial charge in [-0.25, -0.2) is 0 Å². The number of carbonyl (C=O) groups excluding carboxylic acids is 1. The Labute approximate surface area is 149 Å². The van der Waals surface area contributed by atoms with Gasteiger partial charge in [-0.05, 0) is 24.3 Å². The summed E-state index contributed by atoms with van der Waals surface area (Å²) in [7, 11) is 0. The summed E-state index contributed by atoms with van der Waals surface area (Å²) >= 11 is 12.0. The molecule has 2 aromatic rings. The van der Waals surface area contributed by atoms with Crippen LogP contribution >= 0.6 is 23.2 Å². The molecule has 0 aromatic heterocycles. The highest BCUT2D eigenvalue weighted by molar-refractivity contribution is 6.37. The van der Waals surface area contributed by atoms with Crippen LogP contribution < -0.4 is 19.5 Å². The first-order valence-electron chi connectivity index (χ1n) is 7.35. The fourth-order valence-electron chi connectivity index (χ4n) is 2.20. The molecule has 1 amide bonds. The Morgan fingerprint density at radius 3 is 2.58 bits per heavy atom. The minimum Gasteiger partial charge on any atom is -0.486 e. The zero-order chi connectivity index (χ0) is 16.9. The van der Waals surface area contributed by atoms with Gasteiger partial charge in [0.25, 0.3) is 5.91 Å². The first-order valence-corrected chi connectivity index (χ1v) is 8.11. The van der Waals surface area contributed by atoms with E-state index in [0.717, 1.165) is 0 Å². The number of fused-ring (bicyclic) bond motifs is 1. The van der Waals surface area contributed by atoms with Crippen LogP contribution in [0.15, 0.2) is 42.5 Å². The predicted molar refractivity (Wildman–Crippen MR) is 91.3 cm³/mol. The lowest BCUT2D eigenvalue weighted by Crippen LogP contribution is -2.42. The monoisotopic (exact) mass is 367 g/mol. The Hall–Kier alpha value is -2.11. The van der Waals surface area contributed by atoms with Crippen LogP contribution in [0.3, 0.4) is 0 Å². The quantitative estimate of drug-likeness (QED) is 0.880. The smallest absolute Gasteiger partial charge is 0.258 e. The third-order valence-corrected chi connectivity index (χ3v) is 3.96. The number of carbonyl (C=O) groups is 1. The van der Waals surface area contributed by atoms with Crippen molar-refractivity contribution in [2.75, 3.05) is 19.8 Å². The number of nitrogens with one attached hydrogen (secondary N) is 1. The van der Waals surface area contributed by atoms with E-state index in [9.17, 15) is 4.79 Å². The van der Waals surface area contributed by atoms with Crippen molar-refractivity contribution < 1.29 is 19.0 Å². The molecule has 2 aromatic carbocycles. The van der Waals surface area contributed by atoms with Crippen LogP contribution in [0.2, 0.25) is 10.0 Å². The summed E-state index contributed by atoms with van der Waals surface area (Å²) in [6.07, 6.45) is -0.257. The molecule has 0 spiro atoms. The van der Waals surface area contributed by atoms with Crippen LogP contribution in [0.5, 0.6) is 17.2 Å². The van der Waals surface area contributed by atoms with E-state index in [4.69, 9.17) is 37.4 Å². The van der Waals surface area contributed by atoms with Crippen LogP contribution in [0.1, 0.15) is 0 Å². The minimum absolute atomic E-state index is 0.187.